The van der Waals surface area contributed by atoms with E-state index >= 15 is 0 Å². The largest absolute Gasteiger partial charge is 0.481 e. The second kappa shape index (κ2) is 7.40. The van der Waals surface area contributed by atoms with Crippen LogP contribution in [0.1, 0.15) is 31.7 Å². The second-order valence-electron chi connectivity index (χ2n) is 4.30. The molecule has 0 aliphatic rings. The molecule has 1 rings (SSSR count). The first-order valence-electron chi connectivity index (χ1n) is 5.94. The third kappa shape index (κ3) is 5.79. The van der Waals surface area contributed by atoms with Gasteiger partial charge in [0.2, 0.25) is 0 Å². The average Bonchev–Trinajstić information content (AvgIpc) is 2.74. The number of carboxylic acids is 1. The summed E-state index contributed by atoms with van der Waals surface area (Å²) in [6.07, 6.45) is 3.74. The second-order valence-corrected chi connectivity index (χ2v) is 5.28. The van der Waals surface area contributed by atoms with Gasteiger partial charge in [0.15, 0.2) is 0 Å². The molecule has 0 saturated carbocycles. The molecule has 17 heavy (non-hydrogen) atoms. The molecule has 0 aliphatic carbocycles. The Morgan fingerprint density at radius 3 is 2.82 bits per heavy atom. The zero-order valence-corrected chi connectivity index (χ0v) is 11.2. The Labute approximate surface area is 106 Å². The maximum Gasteiger partial charge on any atom is 0.303 e. The fourth-order valence-electron chi connectivity index (χ4n) is 1.68. The lowest BCUT2D eigenvalue weighted by molar-refractivity contribution is -0.137. The molecule has 1 aromatic rings. The number of carboxylic acid groups (broad SMARTS) is 1. The van der Waals surface area contributed by atoms with Crippen LogP contribution in [0.3, 0.4) is 0 Å². The summed E-state index contributed by atoms with van der Waals surface area (Å²) in [4.78, 5) is 17.0. The molecule has 0 amide bonds. The van der Waals surface area contributed by atoms with E-state index in [1.54, 1.807) is 11.3 Å². The van der Waals surface area contributed by atoms with E-state index in [0.29, 0.717) is 12.5 Å². The van der Waals surface area contributed by atoms with Crippen LogP contribution in [0, 0.1) is 0 Å². The van der Waals surface area contributed by atoms with Gasteiger partial charge < -0.3 is 10.0 Å². The van der Waals surface area contributed by atoms with Gasteiger partial charge in [-0.25, -0.2) is 4.98 Å². The van der Waals surface area contributed by atoms with Crippen LogP contribution in [-0.2, 0) is 11.2 Å². The van der Waals surface area contributed by atoms with Crippen molar-refractivity contribution in [1.29, 1.82) is 0 Å². The maximum absolute atomic E-state index is 10.5. The Morgan fingerprint density at radius 1 is 1.53 bits per heavy atom. The first kappa shape index (κ1) is 14.1. The number of aliphatic carboxylic acids is 1. The van der Waals surface area contributed by atoms with E-state index in [1.165, 1.54) is 0 Å². The standard InChI is InChI=1S/C12H20N2O2S/c1-10(2)14(7-3-4-12(15)16)8-5-11-13-6-9-17-11/h6,9-10H,3-5,7-8H2,1-2H3,(H,15,16). The van der Waals surface area contributed by atoms with Crippen molar-refractivity contribution in [2.24, 2.45) is 0 Å². The van der Waals surface area contributed by atoms with E-state index in [0.717, 1.165) is 24.5 Å². The molecule has 0 radical (unpaired) electrons. The quantitative estimate of drug-likeness (QED) is 0.775. The summed E-state index contributed by atoms with van der Waals surface area (Å²) in [6, 6.07) is 0.448. The van der Waals surface area contributed by atoms with Crippen LogP contribution >= 0.6 is 11.3 Å². The fourth-order valence-corrected chi connectivity index (χ4v) is 2.29. The van der Waals surface area contributed by atoms with Gasteiger partial charge in [0.1, 0.15) is 0 Å². The van der Waals surface area contributed by atoms with Gasteiger partial charge >= 0.3 is 5.97 Å². The lowest BCUT2D eigenvalue weighted by atomic mass is 10.2. The van der Waals surface area contributed by atoms with Crippen molar-refractivity contribution in [1.82, 2.24) is 9.88 Å². The van der Waals surface area contributed by atoms with E-state index in [9.17, 15) is 4.79 Å². The molecule has 1 aromatic heterocycles. The van der Waals surface area contributed by atoms with Crippen LogP contribution in [0.4, 0.5) is 0 Å². The smallest absolute Gasteiger partial charge is 0.303 e. The zero-order valence-electron chi connectivity index (χ0n) is 10.4. The summed E-state index contributed by atoms with van der Waals surface area (Å²) < 4.78 is 0. The Hall–Kier alpha value is -0.940. The lowest BCUT2D eigenvalue weighted by Crippen LogP contribution is -2.34. The Balaban J connectivity index is 2.30. The fraction of sp³-hybridized carbons (Fsp3) is 0.667. The summed E-state index contributed by atoms with van der Waals surface area (Å²) in [5.41, 5.74) is 0. The highest BCUT2D eigenvalue weighted by Gasteiger charge is 2.10. The van der Waals surface area contributed by atoms with E-state index in [1.807, 2.05) is 11.6 Å². The van der Waals surface area contributed by atoms with Gasteiger partial charge in [-0.2, -0.15) is 0 Å². The molecular formula is C12H20N2O2S. The number of aromatic nitrogens is 1. The van der Waals surface area contributed by atoms with Crippen molar-refractivity contribution in [3.05, 3.63) is 16.6 Å². The summed E-state index contributed by atoms with van der Waals surface area (Å²) in [6.45, 7) is 6.07. The third-order valence-corrected chi connectivity index (χ3v) is 3.50. The number of hydrogen-bond acceptors (Lipinski definition) is 4. The minimum Gasteiger partial charge on any atom is -0.481 e. The maximum atomic E-state index is 10.5. The van der Waals surface area contributed by atoms with Crippen LogP contribution in [0.2, 0.25) is 0 Å². The Morgan fingerprint density at radius 2 is 2.29 bits per heavy atom. The van der Waals surface area contributed by atoms with E-state index in [4.69, 9.17) is 5.11 Å². The summed E-state index contributed by atoms with van der Waals surface area (Å²) in [5.74, 6) is -0.714. The van der Waals surface area contributed by atoms with Gasteiger partial charge in [-0.05, 0) is 26.8 Å². The van der Waals surface area contributed by atoms with Gasteiger partial charge in [-0.15, -0.1) is 11.3 Å². The van der Waals surface area contributed by atoms with Crippen LogP contribution < -0.4 is 0 Å². The van der Waals surface area contributed by atoms with Gasteiger partial charge in [-0.3, -0.25) is 4.79 Å². The Bertz CT molecular complexity index is 325. The normalized spacial score (nSPS) is 11.3. The molecule has 0 atom stereocenters. The predicted molar refractivity (Wildman–Crippen MR) is 69.4 cm³/mol. The first-order chi connectivity index (χ1) is 8.09. The van der Waals surface area contributed by atoms with E-state index in [2.05, 4.69) is 23.7 Å². The molecule has 1 N–H and O–H groups in total. The number of hydrogen-bond donors (Lipinski definition) is 1. The highest BCUT2D eigenvalue weighted by Crippen LogP contribution is 2.08. The number of rotatable bonds is 8. The van der Waals surface area contributed by atoms with Gasteiger partial charge in [0.25, 0.3) is 0 Å². The molecule has 5 heteroatoms. The number of nitrogens with zero attached hydrogens (tertiary/aromatic N) is 2. The summed E-state index contributed by atoms with van der Waals surface area (Å²) in [7, 11) is 0. The molecule has 0 saturated heterocycles. The third-order valence-electron chi connectivity index (χ3n) is 2.66. The van der Waals surface area contributed by atoms with Gasteiger partial charge in [-0.1, -0.05) is 0 Å². The molecule has 1 heterocycles. The van der Waals surface area contributed by atoms with Crippen molar-refractivity contribution in [3.8, 4) is 0 Å². The molecule has 96 valence electrons. The molecule has 0 unspecified atom stereocenters. The lowest BCUT2D eigenvalue weighted by Gasteiger charge is -2.25. The Kier molecular flexibility index (Phi) is 6.15. The molecule has 0 bridgehead atoms. The van der Waals surface area contributed by atoms with Crippen LogP contribution in [0.5, 0.6) is 0 Å². The summed E-state index contributed by atoms with van der Waals surface area (Å²) >= 11 is 1.67. The molecule has 4 nitrogen and oxygen atoms in total. The monoisotopic (exact) mass is 256 g/mol. The highest BCUT2D eigenvalue weighted by atomic mass is 32.1. The van der Waals surface area contributed by atoms with E-state index < -0.39 is 5.97 Å². The molecular weight excluding hydrogens is 236 g/mol. The minimum absolute atomic E-state index is 0.250. The predicted octanol–water partition coefficient (Wildman–Crippen LogP) is 2.26. The average molecular weight is 256 g/mol. The van der Waals surface area contributed by atoms with Crippen LogP contribution in [0.25, 0.3) is 0 Å². The van der Waals surface area contributed by atoms with Crippen molar-refractivity contribution in [2.45, 2.75) is 39.2 Å². The number of carbonyl (C=O) groups is 1. The van der Waals surface area contributed by atoms with Crippen molar-refractivity contribution < 1.29 is 9.90 Å². The topological polar surface area (TPSA) is 53.4 Å². The van der Waals surface area contributed by atoms with Crippen LogP contribution in [0.15, 0.2) is 11.6 Å². The van der Waals surface area contributed by atoms with Crippen LogP contribution in [-0.4, -0.2) is 40.1 Å². The van der Waals surface area contributed by atoms with Crippen molar-refractivity contribution >= 4 is 17.3 Å². The van der Waals surface area contributed by atoms with Crippen molar-refractivity contribution in [3.63, 3.8) is 0 Å². The number of thiazole rings is 1. The minimum atomic E-state index is -0.714. The molecule has 0 fully saturated rings. The van der Waals surface area contributed by atoms with Crippen molar-refractivity contribution in [2.75, 3.05) is 13.1 Å². The highest BCUT2D eigenvalue weighted by molar-refractivity contribution is 7.09. The SMILES string of the molecule is CC(C)N(CCCC(=O)O)CCc1nccs1. The first-order valence-corrected chi connectivity index (χ1v) is 6.81. The molecule has 0 spiro atoms. The summed E-state index contributed by atoms with van der Waals surface area (Å²) in [5, 5.41) is 11.8. The molecule has 0 aliphatic heterocycles. The molecule has 0 aromatic carbocycles. The zero-order chi connectivity index (χ0) is 12.7. The van der Waals surface area contributed by atoms with E-state index in [-0.39, 0.29) is 6.42 Å². The van der Waals surface area contributed by atoms with Gasteiger partial charge in [0.05, 0.1) is 5.01 Å². The van der Waals surface area contributed by atoms with Gasteiger partial charge in [0, 0.05) is 37.0 Å².